The molecule has 1 aromatic carbocycles. The molecule has 0 bridgehead atoms. The Kier molecular flexibility index (Phi) is 4.58. The van der Waals surface area contributed by atoms with Gasteiger partial charge in [0.1, 0.15) is 6.54 Å². The van der Waals surface area contributed by atoms with E-state index < -0.39 is 11.9 Å². The predicted molar refractivity (Wildman–Crippen MR) is 88.4 cm³/mol. The van der Waals surface area contributed by atoms with Crippen molar-refractivity contribution in [2.75, 3.05) is 5.32 Å². The van der Waals surface area contributed by atoms with Gasteiger partial charge in [0.2, 0.25) is 5.91 Å². The third kappa shape index (κ3) is 3.70. The zero-order chi connectivity index (χ0) is 18.2. The summed E-state index contributed by atoms with van der Waals surface area (Å²) in [6.07, 6.45) is -2.07. The normalized spacial score (nSPS) is 14.3. The molecule has 1 aromatic heterocycles. The van der Waals surface area contributed by atoms with Crippen LogP contribution in [0.4, 0.5) is 18.9 Å². The number of halogens is 3. The van der Waals surface area contributed by atoms with Gasteiger partial charge in [0.15, 0.2) is 5.69 Å². The van der Waals surface area contributed by atoms with Crippen molar-refractivity contribution in [1.29, 1.82) is 0 Å². The van der Waals surface area contributed by atoms with Gasteiger partial charge < -0.3 is 5.32 Å². The number of hydrogen-bond acceptors (Lipinski definition) is 2. The van der Waals surface area contributed by atoms with E-state index >= 15 is 0 Å². The van der Waals surface area contributed by atoms with Crippen LogP contribution in [0.3, 0.4) is 0 Å². The maximum Gasteiger partial charge on any atom is 0.435 e. The summed E-state index contributed by atoms with van der Waals surface area (Å²) in [5, 5.41) is 6.44. The first-order chi connectivity index (χ1) is 11.8. The van der Waals surface area contributed by atoms with Crippen LogP contribution < -0.4 is 5.32 Å². The van der Waals surface area contributed by atoms with Gasteiger partial charge in [0.05, 0.1) is 0 Å². The maximum absolute atomic E-state index is 13.2. The van der Waals surface area contributed by atoms with Crippen LogP contribution in [-0.2, 0) is 30.4 Å². The van der Waals surface area contributed by atoms with E-state index in [0.717, 1.165) is 24.0 Å². The minimum absolute atomic E-state index is 0.217. The monoisotopic (exact) mass is 351 g/mol. The van der Waals surface area contributed by atoms with E-state index in [4.69, 9.17) is 0 Å². The molecule has 1 N–H and O–H groups in total. The lowest BCUT2D eigenvalue weighted by Crippen LogP contribution is -2.22. The maximum atomic E-state index is 13.2. The Balaban J connectivity index is 1.81. The predicted octanol–water partition coefficient (Wildman–Crippen LogP) is 4.04. The van der Waals surface area contributed by atoms with Crippen LogP contribution in [0.15, 0.2) is 18.2 Å². The molecule has 0 saturated carbocycles. The summed E-state index contributed by atoms with van der Waals surface area (Å²) in [6.45, 7) is 3.69. The number of amides is 1. The van der Waals surface area contributed by atoms with Crippen LogP contribution in [0.25, 0.3) is 0 Å². The van der Waals surface area contributed by atoms with Gasteiger partial charge in [0.25, 0.3) is 0 Å². The quantitative estimate of drug-likeness (QED) is 0.907. The van der Waals surface area contributed by atoms with Crippen molar-refractivity contribution in [3.05, 3.63) is 46.3 Å². The molecule has 0 atom stereocenters. The number of fused-ring (bicyclic) bond motifs is 1. The molecule has 2 aromatic rings. The second kappa shape index (κ2) is 6.54. The van der Waals surface area contributed by atoms with Gasteiger partial charge in [-0.2, -0.15) is 18.3 Å². The number of carbonyl (C=O) groups is 1. The highest BCUT2D eigenvalue weighted by Gasteiger charge is 2.39. The molecule has 0 fully saturated rings. The Labute approximate surface area is 144 Å². The molecule has 0 saturated heterocycles. The third-order valence-corrected chi connectivity index (χ3v) is 4.61. The summed E-state index contributed by atoms with van der Waals surface area (Å²) < 4.78 is 40.8. The molecule has 0 radical (unpaired) electrons. The smallest absolute Gasteiger partial charge is 0.324 e. The van der Waals surface area contributed by atoms with Gasteiger partial charge in [-0.25, -0.2) is 0 Å². The fraction of sp³-hybridized carbons (Fsp3) is 0.444. The van der Waals surface area contributed by atoms with E-state index in [1.807, 2.05) is 26.0 Å². The minimum atomic E-state index is -4.49. The van der Waals surface area contributed by atoms with Crippen molar-refractivity contribution >= 4 is 11.6 Å². The summed E-state index contributed by atoms with van der Waals surface area (Å²) in [7, 11) is 0. The van der Waals surface area contributed by atoms with E-state index in [2.05, 4.69) is 10.4 Å². The van der Waals surface area contributed by atoms with Crippen LogP contribution in [0.1, 0.15) is 40.9 Å². The van der Waals surface area contributed by atoms with Crippen LogP contribution in [0.5, 0.6) is 0 Å². The fourth-order valence-electron chi connectivity index (χ4n) is 3.19. The summed E-state index contributed by atoms with van der Waals surface area (Å²) in [4.78, 5) is 12.3. The number of aromatic nitrogens is 2. The summed E-state index contributed by atoms with van der Waals surface area (Å²) in [5.74, 6) is -0.382. The lowest BCUT2D eigenvalue weighted by atomic mass is 9.95. The number of carbonyl (C=O) groups excluding carboxylic acids is 1. The third-order valence-electron chi connectivity index (χ3n) is 4.61. The molecule has 1 heterocycles. The minimum Gasteiger partial charge on any atom is -0.324 e. The Bertz CT molecular complexity index is 809. The number of anilines is 1. The number of benzene rings is 1. The molecule has 3 rings (SSSR count). The lowest BCUT2D eigenvalue weighted by Gasteiger charge is -2.14. The van der Waals surface area contributed by atoms with E-state index in [-0.39, 0.29) is 18.0 Å². The van der Waals surface area contributed by atoms with Crippen molar-refractivity contribution in [2.24, 2.45) is 0 Å². The van der Waals surface area contributed by atoms with Crippen molar-refractivity contribution in [3.63, 3.8) is 0 Å². The summed E-state index contributed by atoms with van der Waals surface area (Å²) >= 11 is 0. The Morgan fingerprint density at radius 1 is 1.20 bits per heavy atom. The van der Waals surface area contributed by atoms with Crippen molar-refractivity contribution in [2.45, 2.75) is 52.3 Å². The van der Waals surface area contributed by atoms with E-state index in [1.165, 1.54) is 4.68 Å². The average Bonchev–Trinajstić information content (AvgIpc) is 2.90. The molecule has 1 aliphatic rings. The lowest BCUT2D eigenvalue weighted by molar-refractivity contribution is -0.142. The molecule has 4 nitrogen and oxygen atoms in total. The number of rotatable bonds is 3. The van der Waals surface area contributed by atoms with Crippen molar-refractivity contribution in [3.8, 4) is 0 Å². The number of hydrogen-bond donors (Lipinski definition) is 1. The molecule has 0 aliphatic heterocycles. The standard InChI is InChI=1S/C18H20F3N3O/c1-11-7-8-13(9-12(11)2)22-16(25)10-24-15-6-4-3-5-14(15)17(23-24)18(19,20)21/h7-9H,3-6,10H2,1-2H3,(H,22,25). The van der Waals surface area contributed by atoms with E-state index in [1.54, 1.807) is 6.07 Å². The molecule has 7 heteroatoms. The van der Waals surface area contributed by atoms with Crippen molar-refractivity contribution in [1.82, 2.24) is 9.78 Å². The van der Waals surface area contributed by atoms with Gasteiger partial charge >= 0.3 is 6.18 Å². The number of alkyl halides is 3. The van der Waals surface area contributed by atoms with E-state index in [0.29, 0.717) is 24.2 Å². The fourth-order valence-corrected chi connectivity index (χ4v) is 3.19. The molecule has 0 unspecified atom stereocenters. The van der Waals surface area contributed by atoms with Gasteiger partial charge in [-0.1, -0.05) is 6.07 Å². The van der Waals surface area contributed by atoms with Crippen LogP contribution in [-0.4, -0.2) is 15.7 Å². The van der Waals surface area contributed by atoms with Crippen molar-refractivity contribution < 1.29 is 18.0 Å². The first-order valence-corrected chi connectivity index (χ1v) is 8.28. The highest BCUT2D eigenvalue weighted by molar-refractivity contribution is 5.90. The van der Waals surface area contributed by atoms with Crippen LogP contribution in [0.2, 0.25) is 0 Å². The second-order valence-corrected chi connectivity index (χ2v) is 6.48. The molecule has 1 aliphatic carbocycles. The van der Waals surface area contributed by atoms with Gasteiger partial charge in [0, 0.05) is 16.9 Å². The first kappa shape index (κ1) is 17.5. The van der Waals surface area contributed by atoms with E-state index in [9.17, 15) is 18.0 Å². The van der Waals surface area contributed by atoms with Gasteiger partial charge in [-0.15, -0.1) is 0 Å². The number of nitrogens with zero attached hydrogens (tertiary/aromatic N) is 2. The highest BCUT2D eigenvalue weighted by Crippen LogP contribution is 2.35. The average molecular weight is 351 g/mol. The summed E-state index contributed by atoms with van der Waals surface area (Å²) in [5.41, 5.74) is 2.71. The molecular weight excluding hydrogens is 331 g/mol. The first-order valence-electron chi connectivity index (χ1n) is 8.28. The topological polar surface area (TPSA) is 46.9 Å². The van der Waals surface area contributed by atoms with Crippen LogP contribution >= 0.6 is 0 Å². The summed E-state index contributed by atoms with van der Waals surface area (Å²) in [6, 6.07) is 5.51. The Morgan fingerprint density at radius 2 is 1.92 bits per heavy atom. The largest absolute Gasteiger partial charge is 0.435 e. The van der Waals surface area contributed by atoms with Gasteiger partial charge in [-0.05, 0) is 62.8 Å². The Hall–Kier alpha value is -2.31. The highest BCUT2D eigenvalue weighted by atomic mass is 19.4. The number of nitrogens with one attached hydrogen (secondary N) is 1. The molecule has 0 spiro atoms. The Morgan fingerprint density at radius 3 is 2.60 bits per heavy atom. The SMILES string of the molecule is Cc1ccc(NC(=O)Cn2nc(C(F)(F)F)c3c2CCCC3)cc1C. The zero-order valence-electron chi connectivity index (χ0n) is 14.2. The van der Waals surface area contributed by atoms with Gasteiger partial charge in [-0.3, -0.25) is 9.48 Å². The zero-order valence-corrected chi connectivity index (χ0v) is 14.2. The number of aryl methyl sites for hydroxylation is 2. The molecule has 25 heavy (non-hydrogen) atoms. The van der Waals surface area contributed by atoms with Crippen LogP contribution in [0, 0.1) is 13.8 Å². The second-order valence-electron chi connectivity index (χ2n) is 6.48. The molecular formula is C18H20F3N3O. The molecule has 1 amide bonds. The molecule has 134 valence electrons.